The van der Waals surface area contributed by atoms with Crippen LogP contribution >= 0.6 is 0 Å². The Balaban J connectivity index is 1.21. The predicted molar refractivity (Wildman–Crippen MR) is 155 cm³/mol. The molecule has 9 nitrogen and oxygen atoms in total. The zero-order valence-corrected chi connectivity index (χ0v) is 23.8. The van der Waals surface area contributed by atoms with Gasteiger partial charge >= 0.3 is 0 Å². The molecular weight excluding hydrogens is 506 g/mol. The lowest BCUT2D eigenvalue weighted by molar-refractivity contribution is 0.00207. The quantitative estimate of drug-likeness (QED) is 0.296. The summed E-state index contributed by atoms with van der Waals surface area (Å²) >= 11 is 0. The third-order valence-corrected chi connectivity index (χ3v) is 8.02. The number of ether oxygens (including phenoxy) is 4. The van der Waals surface area contributed by atoms with E-state index < -0.39 is 0 Å². The number of nitrogens with zero attached hydrogens (tertiary/aromatic N) is 4. The normalized spacial score (nSPS) is 20.6. The van der Waals surface area contributed by atoms with E-state index in [1.54, 1.807) is 26.9 Å². The van der Waals surface area contributed by atoms with Gasteiger partial charge in [-0.05, 0) is 61.1 Å². The van der Waals surface area contributed by atoms with Crippen LogP contribution in [0.5, 0.6) is 11.5 Å². The number of hydrogen-bond donors (Lipinski definition) is 1. The third kappa shape index (κ3) is 7.53. The Morgan fingerprint density at radius 2 is 1.95 bits per heavy atom. The SMILES string of the molecule is COCCCN1CCOc2ccc(CO[C@H]3CN[C@H](CCCCn4cncn4)C[C@@H]3c3ccc(OC)cc3)cc21. The van der Waals surface area contributed by atoms with Crippen LogP contribution in [-0.2, 0) is 22.6 Å². The van der Waals surface area contributed by atoms with E-state index in [1.807, 2.05) is 4.68 Å². The van der Waals surface area contributed by atoms with Crippen LogP contribution in [0.4, 0.5) is 5.69 Å². The lowest BCUT2D eigenvalue weighted by atomic mass is 9.82. The van der Waals surface area contributed by atoms with Crippen LogP contribution in [0.15, 0.2) is 55.1 Å². The van der Waals surface area contributed by atoms with Gasteiger partial charge in [0.1, 0.15) is 30.8 Å². The van der Waals surface area contributed by atoms with Gasteiger partial charge in [-0.3, -0.25) is 4.68 Å². The van der Waals surface area contributed by atoms with E-state index in [0.29, 0.717) is 25.2 Å². The van der Waals surface area contributed by atoms with Gasteiger partial charge in [-0.15, -0.1) is 0 Å². The molecule has 2 aliphatic heterocycles. The Kier molecular flexibility index (Phi) is 10.3. The summed E-state index contributed by atoms with van der Waals surface area (Å²) in [5, 5.41) is 8.00. The number of aromatic nitrogens is 3. The van der Waals surface area contributed by atoms with Gasteiger partial charge < -0.3 is 29.2 Å². The van der Waals surface area contributed by atoms with Crippen molar-refractivity contribution in [2.75, 3.05) is 52.0 Å². The Hall–Kier alpha value is -3.14. The molecule has 5 rings (SSSR count). The van der Waals surface area contributed by atoms with Gasteiger partial charge in [-0.25, -0.2) is 4.98 Å². The van der Waals surface area contributed by atoms with Crippen molar-refractivity contribution in [1.29, 1.82) is 0 Å². The van der Waals surface area contributed by atoms with Gasteiger partial charge in [-0.2, -0.15) is 5.10 Å². The average molecular weight is 550 g/mol. The molecule has 9 heteroatoms. The number of benzene rings is 2. The predicted octanol–water partition coefficient (Wildman–Crippen LogP) is 4.42. The fourth-order valence-corrected chi connectivity index (χ4v) is 5.82. The van der Waals surface area contributed by atoms with Crippen LogP contribution in [0, 0.1) is 0 Å². The van der Waals surface area contributed by atoms with E-state index in [2.05, 4.69) is 62.8 Å². The fourth-order valence-electron chi connectivity index (χ4n) is 5.82. The van der Waals surface area contributed by atoms with Crippen LogP contribution in [0.1, 0.15) is 49.1 Å². The molecule has 3 heterocycles. The first-order valence-corrected chi connectivity index (χ1v) is 14.5. The Labute approximate surface area is 237 Å². The van der Waals surface area contributed by atoms with Gasteiger partial charge in [-0.1, -0.05) is 24.6 Å². The summed E-state index contributed by atoms with van der Waals surface area (Å²) in [5.74, 6) is 2.15. The first kappa shape index (κ1) is 28.4. The summed E-state index contributed by atoms with van der Waals surface area (Å²) in [6.45, 7) is 5.65. The van der Waals surface area contributed by atoms with Gasteiger partial charge in [0.05, 0.1) is 32.1 Å². The molecule has 1 saturated heterocycles. The number of aryl methyl sites for hydroxylation is 1. The molecule has 216 valence electrons. The highest BCUT2D eigenvalue weighted by Crippen LogP contribution is 2.35. The van der Waals surface area contributed by atoms with Crippen molar-refractivity contribution in [2.45, 2.75) is 63.3 Å². The first-order chi connectivity index (χ1) is 19.7. The Bertz CT molecular complexity index is 1160. The Morgan fingerprint density at radius 3 is 2.75 bits per heavy atom. The van der Waals surface area contributed by atoms with Gasteiger partial charge in [0, 0.05) is 45.3 Å². The molecule has 0 radical (unpaired) electrons. The second kappa shape index (κ2) is 14.5. The molecule has 0 spiro atoms. The van der Waals surface area contributed by atoms with Crippen molar-refractivity contribution in [1.82, 2.24) is 20.1 Å². The molecule has 1 N–H and O–H groups in total. The minimum atomic E-state index is 0.0879. The summed E-state index contributed by atoms with van der Waals surface area (Å²) in [7, 11) is 3.47. The van der Waals surface area contributed by atoms with Crippen LogP contribution < -0.4 is 19.7 Å². The zero-order valence-electron chi connectivity index (χ0n) is 23.8. The summed E-state index contributed by atoms with van der Waals surface area (Å²) in [4.78, 5) is 6.44. The molecular formula is C31H43N5O4. The summed E-state index contributed by atoms with van der Waals surface area (Å²) < 4.78 is 25.2. The number of unbranched alkanes of at least 4 members (excludes halogenated alkanes) is 1. The van der Waals surface area contributed by atoms with Crippen LogP contribution in [0.25, 0.3) is 0 Å². The lowest BCUT2D eigenvalue weighted by Crippen LogP contribution is -2.47. The van der Waals surface area contributed by atoms with Crippen molar-refractivity contribution in [2.24, 2.45) is 0 Å². The maximum Gasteiger partial charge on any atom is 0.142 e. The van der Waals surface area contributed by atoms with Crippen LogP contribution in [0.2, 0.25) is 0 Å². The van der Waals surface area contributed by atoms with E-state index in [0.717, 1.165) is 82.1 Å². The zero-order chi connectivity index (χ0) is 27.6. The summed E-state index contributed by atoms with van der Waals surface area (Å²) in [6.07, 6.45) is 8.90. The smallest absolute Gasteiger partial charge is 0.142 e. The summed E-state index contributed by atoms with van der Waals surface area (Å²) in [5.41, 5.74) is 3.63. The number of methoxy groups -OCH3 is 2. The number of fused-ring (bicyclic) bond motifs is 1. The molecule has 0 bridgehead atoms. The monoisotopic (exact) mass is 549 g/mol. The first-order valence-electron chi connectivity index (χ1n) is 14.5. The van der Waals surface area contributed by atoms with Crippen molar-refractivity contribution < 1.29 is 18.9 Å². The average Bonchev–Trinajstić information content (AvgIpc) is 3.52. The highest BCUT2D eigenvalue weighted by atomic mass is 16.5. The molecule has 2 aromatic carbocycles. The van der Waals surface area contributed by atoms with Gasteiger partial charge in [0.15, 0.2) is 0 Å². The molecule has 3 aromatic rings. The lowest BCUT2D eigenvalue weighted by Gasteiger charge is -2.37. The summed E-state index contributed by atoms with van der Waals surface area (Å²) in [6, 6.07) is 15.4. The minimum Gasteiger partial charge on any atom is -0.497 e. The molecule has 1 aromatic heterocycles. The van der Waals surface area contributed by atoms with E-state index >= 15 is 0 Å². The highest BCUT2D eigenvalue weighted by Gasteiger charge is 2.32. The maximum absolute atomic E-state index is 6.65. The molecule has 40 heavy (non-hydrogen) atoms. The van der Waals surface area contributed by atoms with Crippen molar-refractivity contribution in [3.8, 4) is 11.5 Å². The molecule has 2 aliphatic rings. The number of rotatable bonds is 14. The van der Waals surface area contributed by atoms with E-state index in [1.165, 1.54) is 11.1 Å². The largest absolute Gasteiger partial charge is 0.497 e. The second-order valence-corrected chi connectivity index (χ2v) is 10.7. The number of anilines is 1. The van der Waals surface area contributed by atoms with E-state index in [9.17, 15) is 0 Å². The van der Waals surface area contributed by atoms with Crippen LogP contribution in [-0.4, -0.2) is 74.0 Å². The van der Waals surface area contributed by atoms with Crippen molar-refractivity contribution >= 4 is 5.69 Å². The maximum atomic E-state index is 6.65. The van der Waals surface area contributed by atoms with Crippen LogP contribution in [0.3, 0.4) is 0 Å². The topological polar surface area (TPSA) is 82.9 Å². The third-order valence-electron chi connectivity index (χ3n) is 8.02. The fraction of sp³-hybridized carbons (Fsp3) is 0.548. The molecule has 3 atom stereocenters. The van der Waals surface area contributed by atoms with Gasteiger partial charge in [0.25, 0.3) is 0 Å². The van der Waals surface area contributed by atoms with E-state index in [4.69, 9.17) is 18.9 Å². The van der Waals surface area contributed by atoms with Crippen molar-refractivity contribution in [3.05, 3.63) is 66.2 Å². The Morgan fingerprint density at radius 1 is 1.05 bits per heavy atom. The minimum absolute atomic E-state index is 0.0879. The number of nitrogens with one attached hydrogen (secondary N) is 1. The molecule has 0 aliphatic carbocycles. The number of piperidine rings is 1. The standard InChI is InChI=1S/C31H43N5O4/c1-37-16-5-13-35-15-17-39-30-12-7-24(18-29(30)35)21-40-31-20-33-26(6-3-4-14-36-23-32-22-34-36)19-28(31)25-8-10-27(38-2)11-9-25/h7-12,18,22-23,26,28,31,33H,3-6,13-17,19-21H2,1-2H3/t26-,28-,31+/m1/s1. The molecule has 0 saturated carbocycles. The molecule has 0 amide bonds. The van der Waals surface area contributed by atoms with E-state index in [-0.39, 0.29) is 6.10 Å². The number of hydrogen-bond acceptors (Lipinski definition) is 8. The second-order valence-electron chi connectivity index (χ2n) is 10.7. The highest BCUT2D eigenvalue weighted by molar-refractivity contribution is 5.61. The molecule has 1 fully saturated rings. The van der Waals surface area contributed by atoms with Crippen molar-refractivity contribution in [3.63, 3.8) is 0 Å². The van der Waals surface area contributed by atoms with Gasteiger partial charge in [0.2, 0.25) is 0 Å². The molecule has 0 unspecified atom stereocenters.